The SMILES string of the molecule is OC[C@H]1[C@H](O)[C@@H](O)CN2CC[C@H](O)[C@H]12. The van der Waals surface area contributed by atoms with Crippen molar-refractivity contribution < 1.29 is 20.4 Å². The maximum absolute atomic E-state index is 9.68. The Labute approximate surface area is 82.6 Å². The van der Waals surface area contributed by atoms with Crippen LogP contribution in [0.4, 0.5) is 0 Å². The molecule has 82 valence electrons. The molecule has 2 saturated heterocycles. The summed E-state index contributed by atoms with van der Waals surface area (Å²) in [7, 11) is 0. The monoisotopic (exact) mass is 203 g/mol. The van der Waals surface area contributed by atoms with Crippen LogP contribution in [0.25, 0.3) is 0 Å². The molecule has 0 aromatic rings. The van der Waals surface area contributed by atoms with Gasteiger partial charge in [0.15, 0.2) is 0 Å². The highest BCUT2D eigenvalue weighted by molar-refractivity contribution is 5.00. The van der Waals surface area contributed by atoms with Gasteiger partial charge >= 0.3 is 0 Å². The minimum atomic E-state index is -0.922. The predicted octanol–water partition coefficient (Wildman–Crippen LogP) is -2.23. The van der Waals surface area contributed by atoms with Crippen molar-refractivity contribution in [1.82, 2.24) is 4.90 Å². The van der Waals surface area contributed by atoms with Crippen LogP contribution in [0, 0.1) is 5.92 Å². The Hall–Kier alpha value is -0.200. The molecule has 5 nitrogen and oxygen atoms in total. The molecule has 0 aromatic carbocycles. The topological polar surface area (TPSA) is 84.2 Å². The summed E-state index contributed by atoms with van der Waals surface area (Å²) in [6.07, 6.45) is -1.57. The first-order chi connectivity index (χ1) is 6.65. The average Bonchev–Trinajstić information content (AvgIpc) is 2.50. The van der Waals surface area contributed by atoms with Crippen molar-refractivity contribution in [3.8, 4) is 0 Å². The quantitative estimate of drug-likeness (QED) is 0.387. The van der Waals surface area contributed by atoms with Gasteiger partial charge in [-0.3, -0.25) is 4.90 Å². The molecule has 0 aliphatic carbocycles. The summed E-state index contributed by atoms with van der Waals surface area (Å²) < 4.78 is 0. The molecule has 2 aliphatic rings. The van der Waals surface area contributed by atoms with Gasteiger partial charge in [0.25, 0.3) is 0 Å². The smallest absolute Gasteiger partial charge is 0.0929 e. The van der Waals surface area contributed by atoms with Crippen molar-refractivity contribution in [2.45, 2.75) is 30.8 Å². The fraction of sp³-hybridized carbons (Fsp3) is 1.00. The zero-order valence-corrected chi connectivity index (χ0v) is 7.95. The first-order valence-electron chi connectivity index (χ1n) is 5.04. The third kappa shape index (κ3) is 1.45. The number of nitrogens with zero attached hydrogens (tertiary/aromatic N) is 1. The van der Waals surface area contributed by atoms with Gasteiger partial charge in [-0.15, -0.1) is 0 Å². The lowest BCUT2D eigenvalue weighted by Crippen LogP contribution is -2.59. The highest BCUT2D eigenvalue weighted by Gasteiger charge is 2.47. The number of aliphatic hydroxyl groups is 4. The fourth-order valence-electron chi connectivity index (χ4n) is 2.68. The largest absolute Gasteiger partial charge is 0.396 e. The lowest BCUT2D eigenvalue weighted by Gasteiger charge is -2.42. The van der Waals surface area contributed by atoms with Gasteiger partial charge in [0.2, 0.25) is 0 Å². The van der Waals surface area contributed by atoms with E-state index in [9.17, 15) is 15.3 Å². The van der Waals surface area contributed by atoms with E-state index in [0.717, 1.165) is 6.54 Å². The predicted molar refractivity (Wildman–Crippen MR) is 48.6 cm³/mol. The Morgan fingerprint density at radius 3 is 2.50 bits per heavy atom. The molecule has 2 aliphatic heterocycles. The molecular formula is C9H17NO4. The van der Waals surface area contributed by atoms with Crippen LogP contribution in [0.3, 0.4) is 0 Å². The summed E-state index contributed by atoms with van der Waals surface area (Å²) in [5.74, 6) is -0.434. The van der Waals surface area contributed by atoms with E-state index in [1.807, 2.05) is 4.90 Å². The van der Waals surface area contributed by atoms with Crippen LogP contribution in [0.5, 0.6) is 0 Å². The molecule has 0 aromatic heterocycles. The van der Waals surface area contributed by atoms with Crippen molar-refractivity contribution >= 4 is 0 Å². The molecule has 2 rings (SSSR count). The van der Waals surface area contributed by atoms with Gasteiger partial charge < -0.3 is 20.4 Å². The highest BCUT2D eigenvalue weighted by Crippen LogP contribution is 2.32. The van der Waals surface area contributed by atoms with Crippen LogP contribution in [0.2, 0.25) is 0 Å². The maximum atomic E-state index is 9.68. The van der Waals surface area contributed by atoms with Crippen molar-refractivity contribution in [1.29, 1.82) is 0 Å². The zero-order valence-electron chi connectivity index (χ0n) is 7.95. The molecule has 0 bridgehead atoms. The second-order valence-corrected chi connectivity index (χ2v) is 4.25. The zero-order chi connectivity index (χ0) is 10.3. The van der Waals surface area contributed by atoms with Gasteiger partial charge in [0.05, 0.1) is 24.9 Å². The normalized spacial score (nSPS) is 49.3. The molecule has 5 heteroatoms. The summed E-state index contributed by atoms with van der Waals surface area (Å²) in [6, 6.07) is -0.196. The first kappa shape index (κ1) is 10.3. The molecule has 5 atom stereocenters. The molecule has 2 fully saturated rings. The van der Waals surface area contributed by atoms with E-state index in [4.69, 9.17) is 5.11 Å². The van der Waals surface area contributed by atoms with E-state index in [-0.39, 0.29) is 12.6 Å². The van der Waals surface area contributed by atoms with Gasteiger partial charge in [0, 0.05) is 25.0 Å². The van der Waals surface area contributed by atoms with Gasteiger partial charge in [-0.05, 0) is 6.42 Å². The lowest BCUT2D eigenvalue weighted by atomic mass is 9.84. The van der Waals surface area contributed by atoms with E-state index in [2.05, 4.69) is 0 Å². The number of piperidine rings is 1. The van der Waals surface area contributed by atoms with Gasteiger partial charge in [-0.25, -0.2) is 0 Å². The second kappa shape index (κ2) is 3.75. The third-order valence-corrected chi connectivity index (χ3v) is 3.43. The first-order valence-corrected chi connectivity index (χ1v) is 5.04. The molecule has 2 heterocycles. The van der Waals surface area contributed by atoms with Crippen molar-refractivity contribution in [2.75, 3.05) is 19.7 Å². The van der Waals surface area contributed by atoms with E-state index in [1.54, 1.807) is 0 Å². The Kier molecular flexibility index (Phi) is 2.77. The summed E-state index contributed by atoms with van der Waals surface area (Å²) >= 11 is 0. The summed E-state index contributed by atoms with van der Waals surface area (Å²) in [4.78, 5) is 1.95. The average molecular weight is 203 g/mol. The minimum absolute atomic E-state index is 0.196. The van der Waals surface area contributed by atoms with E-state index in [1.165, 1.54) is 0 Å². The number of fused-ring (bicyclic) bond motifs is 1. The second-order valence-electron chi connectivity index (χ2n) is 4.25. The van der Waals surface area contributed by atoms with E-state index >= 15 is 0 Å². The standard InChI is InChI=1S/C9H17NO4/c11-4-5-8-6(12)1-2-10(8)3-7(13)9(5)14/h5-9,11-14H,1-4H2/t5-,6+,7+,8+,9+/m1/s1. The third-order valence-electron chi connectivity index (χ3n) is 3.43. The van der Waals surface area contributed by atoms with Gasteiger partial charge in [-0.2, -0.15) is 0 Å². The number of hydrogen-bond donors (Lipinski definition) is 4. The molecule has 14 heavy (non-hydrogen) atoms. The fourth-order valence-corrected chi connectivity index (χ4v) is 2.68. The van der Waals surface area contributed by atoms with Crippen molar-refractivity contribution in [3.05, 3.63) is 0 Å². The number of aliphatic hydroxyl groups excluding tert-OH is 4. The minimum Gasteiger partial charge on any atom is -0.396 e. The summed E-state index contributed by atoms with van der Waals surface area (Å²) in [6.45, 7) is 0.919. The van der Waals surface area contributed by atoms with E-state index in [0.29, 0.717) is 13.0 Å². The lowest BCUT2D eigenvalue weighted by molar-refractivity contribution is -0.117. The van der Waals surface area contributed by atoms with Crippen LogP contribution in [0.1, 0.15) is 6.42 Å². The van der Waals surface area contributed by atoms with Crippen LogP contribution in [-0.2, 0) is 0 Å². The highest BCUT2D eigenvalue weighted by atomic mass is 16.3. The Balaban J connectivity index is 2.17. The summed E-state index contributed by atoms with van der Waals surface area (Å²) in [5, 5.41) is 38.0. The summed E-state index contributed by atoms with van der Waals surface area (Å²) in [5.41, 5.74) is 0. The van der Waals surface area contributed by atoms with Crippen LogP contribution >= 0.6 is 0 Å². The number of hydrogen-bond acceptors (Lipinski definition) is 5. The van der Waals surface area contributed by atoms with Crippen LogP contribution in [-0.4, -0.2) is 69.4 Å². The van der Waals surface area contributed by atoms with Crippen LogP contribution < -0.4 is 0 Å². The molecular weight excluding hydrogens is 186 g/mol. The van der Waals surface area contributed by atoms with Crippen LogP contribution in [0.15, 0.2) is 0 Å². The molecule has 0 radical (unpaired) electrons. The molecule has 4 N–H and O–H groups in total. The maximum Gasteiger partial charge on any atom is 0.0929 e. The Morgan fingerprint density at radius 2 is 1.86 bits per heavy atom. The Morgan fingerprint density at radius 1 is 1.14 bits per heavy atom. The van der Waals surface area contributed by atoms with Crippen molar-refractivity contribution in [3.63, 3.8) is 0 Å². The van der Waals surface area contributed by atoms with Gasteiger partial charge in [-0.1, -0.05) is 0 Å². The number of rotatable bonds is 1. The Bertz CT molecular complexity index is 213. The molecule has 0 unspecified atom stereocenters. The molecule has 0 spiro atoms. The van der Waals surface area contributed by atoms with E-state index < -0.39 is 24.2 Å². The van der Waals surface area contributed by atoms with Crippen molar-refractivity contribution in [2.24, 2.45) is 5.92 Å². The molecule has 0 saturated carbocycles. The molecule has 0 amide bonds. The van der Waals surface area contributed by atoms with Gasteiger partial charge in [0.1, 0.15) is 0 Å².